The van der Waals surface area contributed by atoms with E-state index in [0.29, 0.717) is 0 Å². The standard InChI is InChI=1S/C11H18Si2/c1-4-12-10-13(2,3)11-8-6-5-7-9-11/h4-9H,1,10,12H2,2-3H3. The molecule has 70 valence electrons. The van der Waals surface area contributed by atoms with E-state index in [1.165, 1.54) is 5.67 Å². The lowest BCUT2D eigenvalue weighted by Crippen LogP contribution is -2.42. The van der Waals surface area contributed by atoms with Gasteiger partial charge in [-0.1, -0.05) is 54.3 Å². The second-order valence-electron chi connectivity index (χ2n) is 4.08. The molecule has 1 aromatic carbocycles. The molecule has 0 N–H and O–H groups in total. The summed E-state index contributed by atoms with van der Waals surface area (Å²) in [5.41, 5.74) is 3.61. The summed E-state index contributed by atoms with van der Waals surface area (Å²) < 4.78 is 0. The third-order valence-corrected chi connectivity index (χ3v) is 11.0. The Kier molecular flexibility index (Phi) is 3.69. The molecule has 0 heterocycles. The van der Waals surface area contributed by atoms with Gasteiger partial charge in [0.25, 0.3) is 0 Å². The van der Waals surface area contributed by atoms with Gasteiger partial charge >= 0.3 is 0 Å². The Labute approximate surface area is 84.5 Å². The van der Waals surface area contributed by atoms with Crippen molar-refractivity contribution in [1.82, 2.24) is 0 Å². The highest BCUT2D eigenvalue weighted by molar-refractivity contribution is 6.95. The van der Waals surface area contributed by atoms with Crippen LogP contribution < -0.4 is 5.19 Å². The van der Waals surface area contributed by atoms with Crippen LogP contribution in [0, 0.1) is 0 Å². The van der Waals surface area contributed by atoms with Gasteiger partial charge in [-0.3, -0.25) is 0 Å². The summed E-state index contributed by atoms with van der Waals surface area (Å²) in [6.45, 7) is 8.76. The van der Waals surface area contributed by atoms with Crippen molar-refractivity contribution in [3.8, 4) is 0 Å². The van der Waals surface area contributed by atoms with Crippen molar-refractivity contribution in [2.24, 2.45) is 0 Å². The minimum atomic E-state index is -1.11. The Hall–Kier alpha value is -0.606. The molecule has 0 unspecified atom stereocenters. The molecular formula is C11H18Si2. The van der Waals surface area contributed by atoms with E-state index in [4.69, 9.17) is 0 Å². The number of benzene rings is 1. The second kappa shape index (κ2) is 4.58. The summed E-state index contributed by atoms with van der Waals surface area (Å²) in [7, 11) is -1.11. The predicted molar refractivity (Wildman–Crippen MR) is 67.1 cm³/mol. The fourth-order valence-electron chi connectivity index (χ4n) is 1.50. The highest BCUT2D eigenvalue weighted by Crippen LogP contribution is 2.08. The quantitative estimate of drug-likeness (QED) is 0.660. The van der Waals surface area contributed by atoms with Gasteiger partial charge in [-0.2, -0.15) is 0 Å². The Morgan fingerprint density at radius 2 is 1.92 bits per heavy atom. The van der Waals surface area contributed by atoms with Gasteiger partial charge in [0, 0.05) is 9.52 Å². The molecule has 0 saturated carbocycles. The Morgan fingerprint density at radius 1 is 1.31 bits per heavy atom. The van der Waals surface area contributed by atoms with E-state index in [2.05, 4.69) is 55.7 Å². The fraction of sp³-hybridized carbons (Fsp3) is 0.273. The number of rotatable bonds is 4. The first-order valence-electron chi connectivity index (χ1n) is 4.83. The monoisotopic (exact) mass is 206 g/mol. The molecule has 0 fully saturated rings. The van der Waals surface area contributed by atoms with Gasteiger partial charge in [-0.25, -0.2) is 0 Å². The average Bonchev–Trinajstić information content (AvgIpc) is 2.16. The molecule has 0 aliphatic rings. The summed E-state index contributed by atoms with van der Waals surface area (Å²) in [6, 6.07) is 11.0. The van der Waals surface area contributed by atoms with Crippen LogP contribution in [-0.2, 0) is 0 Å². The minimum absolute atomic E-state index is 0.000662. The van der Waals surface area contributed by atoms with Crippen molar-refractivity contribution in [1.29, 1.82) is 0 Å². The zero-order valence-electron chi connectivity index (χ0n) is 8.59. The van der Waals surface area contributed by atoms with Gasteiger partial charge in [-0.05, 0) is 0 Å². The topological polar surface area (TPSA) is 0 Å². The first-order valence-corrected chi connectivity index (χ1v) is 9.85. The highest BCUT2D eigenvalue weighted by atomic mass is 28.4. The van der Waals surface area contributed by atoms with Crippen LogP contribution in [0.2, 0.25) is 18.8 Å². The average molecular weight is 206 g/mol. The maximum absolute atomic E-state index is 3.84. The van der Waals surface area contributed by atoms with Gasteiger partial charge in [0.1, 0.15) is 0 Å². The lowest BCUT2D eigenvalue weighted by atomic mass is 10.4. The van der Waals surface area contributed by atoms with E-state index in [1.54, 1.807) is 5.19 Å². The van der Waals surface area contributed by atoms with E-state index in [-0.39, 0.29) is 9.52 Å². The van der Waals surface area contributed by atoms with Crippen LogP contribution in [0.1, 0.15) is 0 Å². The van der Waals surface area contributed by atoms with Crippen molar-refractivity contribution in [2.75, 3.05) is 0 Å². The van der Waals surface area contributed by atoms with Crippen LogP contribution in [-0.4, -0.2) is 17.6 Å². The number of hydrogen-bond donors (Lipinski definition) is 0. The minimum Gasteiger partial charge on any atom is -0.109 e. The van der Waals surface area contributed by atoms with Crippen LogP contribution >= 0.6 is 0 Å². The Bertz CT molecular complexity index is 265. The van der Waals surface area contributed by atoms with Crippen molar-refractivity contribution < 1.29 is 0 Å². The second-order valence-corrected chi connectivity index (χ2v) is 11.6. The first-order chi connectivity index (χ1) is 6.17. The molecule has 0 aliphatic carbocycles. The van der Waals surface area contributed by atoms with E-state index in [1.807, 2.05) is 0 Å². The summed E-state index contributed by atoms with van der Waals surface area (Å²) in [5, 5.41) is 1.59. The molecule has 0 saturated heterocycles. The molecule has 0 amide bonds. The molecule has 2 heteroatoms. The smallest absolute Gasteiger partial charge is 0.0778 e. The van der Waals surface area contributed by atoms with Crippen LogP contribution in [0.3, 0.4) is 0 Å². The molecular weight excluding hydrogens is 188 g/mol. The molecule has 0 radical (unpaired) electrons. The summed E-state index contributed by atoms with van der Waals surface area (Å²) in [4.78, 5) is 0. The summed E-state index contributed by atoms with van der Waals surface area (Å²) in [6.07, 6.45) is 0. The van der Waals surface area contributed by atoms with Crippen LogP contribution in [0.5, 0.6) is 0 Å². The largest absolute Gasteiger partial charge is 0.109 e. The maximum atomic E-state index is 3.84. The third kappa shape index (κ3) is 2.97. The molecule has 1 aromatic rings. The van der Waals surface area contributed by atoms with Gasteiger partial charge in [0.2, 0.25) is 0 Å². The lowest BCUT2D eigenvalue weighted by Gasteiger charge is -2.21. The van der Waals surface area contributed by atoms with E-state index in [9.17, 15) is 0 Å². The molecule has 0 aliphatic heterocycles. The van der Waals surface area contributed by atoms with Crippen molar-refractivity contribution in [3.05, 3.63) is 42.6 Å². The number of hydrogen-bond acceptors (Lipinski definition) is 0. The van der Waals surface area contributed by atoms with Gasteiger partial charge in [-0.15, -0.1) is 12.3 Å². The molecule has 0 nitrogen and oxygen atoms in total. The van der Waals surface area contributed by atoms with Crippen molar-refractivity contribution in [3.63, 3.8) is 0 Å². The van der Waals surface area contributed by atoms with E-state index < -0.39 is 8.07 Å². The Morgan fingerprint density at radius 3 is 2.46 bits per heavy atom. The van der Waals surface area contributed by atoms with Gasteiger partial charge < -0.3 is 0 Å². The maximum Gasteiger partial charge on any atom is 0.0778 e. The van der Waals surface area contributed by atoms with E-state index >= 15 is 0 Å². The molecule has 0 spiro atoms. The third-order valence-electron chi connectivity index (χ3n) is 2.53. The van der Waals surface area contributed by atoms with Gasteiger partial charge in [0.05, 0.1) is 8.07 Å². The van der Waals surface area contributed by atoms with Crippen LogP contribution in [0.15, 0.2) is 42.6 Å². The molecule has 13 heavy (non-hydrogen) atoms. The predicted octanol–water partition coefficient (Wildman–Crippen LogP) is 1.87. The normalized spacial score (nSPS) is 12.2. The summed E-state index contributed by atoms with van der Waals surface area (Å²) >= 11 is 0. The van der Waals surface area contributed by atoms with Crippen LogP contribution in [0.4, 0.5) is 0 Å². The SMILES string of the molecule is C=C[SiH2]C[Si](C)(C)c1ccccc1. The zero-order chi connectivity index (χ0) is 9.73. The van der Waals surface area contributed by atoms with Crippen molar-refractivity contribution in [2.45, 2.75) is 18.8 Å². The lowest BCUT2D eigenvalue weighted by molar-refractivity contribution is 1.64. The van der Waals surface area contributed by atoms with Crippen molar-refractivity contribution >= 4 is 22.8 Å². The zero-order valence-corrected chi connectivity index (χ0v) is 11.0. The highest BCUT2D eigenvalue weighted by Gasteiger charge is 2.21. The fourth-order valence-corrected chi connectivity index (χ4v) is 7.45. The first kappa shape index (κ1) is 10.5. The molecule has 1 rings (SSSR count). The van der Waals surface area contributed by atoms with E-state index in [0.717, 1.165) is 0 Å². The van der Waals surface area contributed by atoms with Gasteiger partial charge in [0.15, 0.2) is 0 Å². The Balaban J connectivity index is 2.74. The summed E-state index contributed by atoms with van der Waals surface area (Å²) in [5.74, 6) is 0. The molecule has 0 atom stereocenters. The molecule has 0 aromatic heterocycles. The molecule has 0 bridgehead atoms. The van der Waals surface area contributed by atoms with Crippen LogP contribution in [0.25, 0.3) is 0 Å².